The van der Waals surface area contributed by atoms with Gasteiger partial charge in [-0.25, -0.2) is 4.98 Å². The summed E-state index contributed by atoms with van der Waals surface area (Å²) in [6.45, 7) is 4.11. The molecule has 0 aliphatic heterocycles. The number of hydrogen-bond donors (Lipinski definition) is 2. The Kier molecular flexibility index (Phi) is 5.93. The fraction of sp³-hybridized carbons (Fsp3) is 0.462. The summed E-state index contributed by atoms with van der Waals surface area (Å²) in [6, 6.07) is 4.02. The van der Waals surface area contributed by atoms with Gasteiger partial charge in [-0.15, -0.1) is 22.7 Å². The lowest BCUT2D eigenvalue weighted by atomic mass is 10.3. The van der Waals surface area contributed by atoms with Gasteiger partial charge >= 0.3 is 0 Å². The average molecular weight is 298 g/mol. The van der Waals surface area contributed by atoms with Gasteiger partial charge in [0.2, 0.25) is 0 Å². The smallest absolute Gasteiger partial charge is 0.0897 e. The molecule has 0 aliphatic carbocycles. The van der Waals surface area contributed by atoms with Crippen molar-refractivity contribution in [3.05, 3.63) is 38.5 Å². The standard InChI is InChI=1S/C13H18N2O2S2/c1-10-15-11(9-19-10)5-14-6-12(16)7-17-8-13-3-2-4-18-13/h2-4,9,12,14,16H,5-8H2,1H3. The molecule has 104 valence electrons. The number of hydrogen-bond acceptors (Lipinski definition) is 6. The molecule has 19 heavy (non-hydrogen) atoms. The first-order valence-electron chi connectivity index (χ1n) is 6.14. The van der Waals surface area contributed by atoms with Crippen molar-refractivity contribution in [1.82, 2.24) is 10.3 Å². The SMILES string of the molecule is Cc1nc(CNCC(O)COCc2cccs2)cs1. The fourth-order valence-electron chi connectivity index (χ4n) is 1.61. The number of aryl methyl sites for hydroxylation is 1. The summed E-state index contributed by atoms with van der Waals surface area (Å²) in [4.78, 5) is 5.53. The van der Waals surface area contributed by atoms with Gasteiger partial charge in [0, 0.05) is 23.3 Å². The summed E-state index contributed by atoms with van der Waals surface area (Å²) in [7, 11) is 0. The molecule has 2 aromatic rings. The van der Waals surface area contributed by atoms with Crippen molar-refractivity contribution in [3.63, 3.8) is 0 Å². The maximum Gasteiger partial charge on any atom is 0.0897 e. The number of thiophene rings is 1. The summed E-state index contributed by atoms with van der Waals surface area (Å²) in [6.07, 6.45) is -0.486. The van der Waals surface area contributed by atoms with Gasteiger partial charge in [0.1, 0.15) is 0 Å². The lowest BCUT2D eigenvalue weighted by Crippen LogP contribution is -2.30. The number of aliphatic hydroxyl groups is 1. The van der Waals surface area contributed by atoms with Crippen LogP contribution in [-0.2, 0) is 17.9 Å². The van der Waals surface area contributed by atoms with Crippen LogP contribution in [0.1, 0.15) is 15.6 Å². The lowest BCUT2D eigenvalue weighted by molar-refractivity contribution is 0.0297. The monoisotopic (exact) mass is 298 g/mol. The van der Waals surface area contributed by atoms with E-state index < -0.39 is 6.10 Å². The molecular formula is C13H18N2O2S2. The molecule has 2 N–H and O–H groups in total. The van der Waals surface area contributed by atoms with E-state index in [0.717, 1.165) is 10.7 Å². The van der Waals surface area contributed by atoms with Gasteiger partial charge < -0.3 is 15.2 Å². The van der Waals surface area contributed by atoms with E-state index in [1.54, 1.807) is 22.7 Å². The van der Waals surface area contributed by atoms with E-state index in [9.17, 15) is 5.11 Å². The van der Waals surface area contributed by atoms with Gasteiger partial charge in [-0.2, -0.15) is 0 Å². The summed E-state index contributed by atoms with van der Waals surface area (Å²) in [5.41, 5.74) is 1.02. The van der Waals surface area contributed by atoms with Gasteiger partial charge in [0.25, 0.3) is 0 Å². The van der Waals surface area contributed by atoms with E-state index in [1.165, 1.54) is 4.88 Å². The number of aliphatic hydroxyl groups excluding tert-OH is 1. The van der Waals surface area contributed by atoms with Crippen LogP contribution in [0.5, 0.6) is 0 Å². The molecule has 2 rings (SSSR count). The van der Waals surface area contributed by atoms with E-state index >= 15 is 0 Å². The molecule has 0 saturated heterocycles. The molecule has 0 bridgehead atoms. The molecule has 0 aromatic carbocycles. The van der Waals surface area contributed by atoms with E-state index in [-0.39, 0.29) is 0 Å². The Morgan fingerprint density at radius 2 is 2.37 bits per heavy atom. The van der Waals surface area contributed by atoms with E-state index in [1.807, 2.05) is 29.8 Å². The first-order chi connectivity index (χ1) is 9.24. The molecule has 4 nitrogen and oxygen atoms in total. The second-order valence-electron chi connectivity index (χ2n) is 4.24. The minimum absolute atomic E-state index is 0.348. The molecule has 0 amide bonds. The zero-order chi connectivity index (χ0) is 13.5. The molecule has 0 radical (unpaired) electrons. The van der Waals surface area contributed by atoms with E-state index in [4.69, 9.17) is 4.74 Å². The Morgan fingerprint density at radius 1 is 1.47 bits per heavy atom. The van der Waals surface area contributed by atoms with Gasteiger partial charge in [-0.05, 0) is 18.4 Å². The van der Waals surface area contributed by atoms with Crippen molar-refractivity contribution < 1.29 is 9.84 Å². The summed E-state index contributed by atoms with van der Waals surface area (Å²) in [5, 5.41) is 18.1. The molecule has 1 atom stereocenters. The second-order valence-corrected chi connectivity index (χ2v) is 6.33. The van der Waals surface area contributed by atoms with E-state index in [2.05, 4.69) is 10.3 Å². The molecular weight excluding hydrogens is 280 g/mol. The Morgan fingerprint density at radius 3 is 3.05 bits per heavy atom. The van der Waals surface area contributed by atoms with Crippen LogP contribution in [0.3, 0.4) is 0 Å². The van der Waals surface area contributed by atoms with Gasteiger partial charge in [-0.1, -0.05) is 6.07 Å². The molecule has 0 spiro atoms. The minimum atomic E-state index is -0.486. The minimum Gasteiger partial charge on any atom is -0.389 e. The van der Waals surface area contributed by atoms with Gasteiger partial charge in [-0.3, -0.25) is 0 Å². The van der Waals surface area contributed by atoms with Crippen molar-refractivity contribution in [2.45, 2.75) is 26.2 Å². The summed E-state index contributed by atoms with van der Waals surface area (Å²) in [5.74, 6) is 0. The summed E-state index contributed by atoms with van der Waals surface area (Å²) >= 11 is 3.30. The van der Waals surface area contributed by atoms with Crippen molar-refractivity contribution in [2.24, 2.45) is 0 Å². The first-order valence-corrected chi connectivity index (χ1v) is 7.90. The van der Waals surface area contributed by atoms with Crippen molar-refractivity contribution >= 4 is 22.7 Å². The first kappa shape index (κ1) is 14.6. The normalized spacial score (nSPS) is 12.7. The van der Waals surface area contributed by atoms with Gasteiger partial charge in [0.05, 0.1) is 30.0 Å². The summed E-state index contributed by atoms with van der Waals surface area (Å²) < 4.78 is 5.45. The zero-order valence-electron chi connectivity index (χ0n) is 10.8. The molecule has 2 aromatic heterocycles. The van der Waals surface area contributed by atoms with Crippen LogP contribution in [0.25, 0.3) is 0 Å². The number of aromatic nitrogens is 1. The third-order valence-corrected chi connectivity index (χ3v) is 4.16. The highest BCUT2D eigenvalue weighted by molar-refractivity contribution is 7.10. The number of nitrogens with zero attached hydrogens (tertiary/aromatic N) is 1. The molecule has 0 aliphatic rings. The molecule has 2 heterocycles. The number of ether oxygens (including phenoxy) is 1. The lowest BCUT2D eigenvalue weighted by Gasteiger charge is -2.11. The maximum absolute atomic E-state index is 9.76. The number of nitrogens with one attached hydrogen (secondary N) is 1. The Hall–Kier alpha value is -0.790. The van der Waals surface area contributed by atoms with Crippen LogP contribution >= 0.6 is 22.7 Å². The Bertz CT molecular complexity index is 471. The zero-order valence-corrected chi connectivity index (χ0v) is 12.5. The van der Waals surface area contributed by atoms with Crippen LogP contribution in [0.15, 0.2) is 22.9 Å². The van der Waals surface area contributed by atoms with Crippen molar-refractivity contribution in [2.75, 3.05) is 13.2 Å². The largest absolute Gasteiger partial charge is 0.389 e. The van der Waals surface area contributed by atoms with Crippen molar-refractivity contribution in [3.8, 4) is 0 Å². The second kappa shape index (κ2) is 7.72. The van der Waals surface area contributed by atoms with Crippen LogP contribution < -0.4 is 5.32 Å². The Labute approximate surface area is 121 Å². The maximum atomic E-state index is 9.76. The third kappa shape index (κ3) is 5.38. The quantitative estimate of drug-likeness (QED) is 0.784. The fourth-order valence-corrected chi connectivity index (χ4v) is 2.86. The molecule has 1 unspecified atom stereocenters. The topological polar surface area (TPSA) is 54.4 Å². The van der Waals surface area contributed by atoms with Crippen LogP contribution in [0, 0.1) is 6.92 Å². The van der Waals surface area contributed by atoms with Crippen LogP contribution in [0.2, 0.25) is 0 Å². The highest BCUT2D eigenvalue weighted by Gasteiger charge is 2.05. The molecule has 0 saturated carbocycles. The van der Waals surface area contributed by atoms with Crippen molar-refractivity contribution in [1.29, 1.82) is 0 Å². The molecule has 6 heteroatoms. The Balaban J connectivity index is 1.55. The average Bonchev–Trinajstić information content (AvgIpc) is 3.01. The van der Waals surface area contributed by atoms with Crippen LogP contribution in [0.4, 0.5) is 0 Å². The predicted molar refractivity (Wildman–Crippen MR) is 78.5 cm³/mol. The third-order valence-electron chi connectivity index (χ3n) is 2.49. The van der Waals surface area contributed by atoms with E-state index in [0.29, 0.717) is 26.3 Å². The number of rotatable bonds is 8. The van der Waals surface area contributed by atoms with Gasteiger partial charge in [0.15, 0.2) is 0 Å². The predicted octanol–water partition coefficient (Wildman–Crippen LogP) is 2.18. The number of thiazole rings is 1. The van der Waals surface area contributed by atoms with Crippen LogP contribution in [-0.4, -0.2) is 29.3 Å². The highest BCUT2D eigenvalue weighted by atomic mass is 32.1. The highest BCUT2D eigenvalue weighted by Crippen LogP contribution is 2.09. The molecule has 0 fully saturated rings.